The Morgan fingerprint density at radius 1 is 1.53 bits per heavy atom. The van der Waals surface area contributed by atoms with Crippen LogP contribution in [0.25, 0.3) is 0 Å². The van der Waals surface area contributed by atoms with Crippen molar-refractivity contribution < 1.29 is 4.79 Å². The zero-order valence-corrected chi connectivity index (χ0v) is 10.6. The van der Waals surface area contributed by atoms with Gasteiger partial charge >= 0.3 is 0 Å². The smallest absolute Gasteiger partial charge is 0.254 e. The van der Waals surface area contributed by atoms with Gasteiger partial charge in [-0.05, 0) is 43.9 Å². The third kappa shape index (κ3) is 2.28. The molecule has 1 atom stereocenters. The lowest BCUT2D eigenvalue weighted by atomic mass is 10.1. The van der Waals surface area contributed by atoms with E-state index in [4.69, 9.17) is 5.73 Å². The van der Waals surface area contributed by atoms with Gasteiger partial charge in [0.2, 0.25) is 0 Å². The summed E-state index contributed by atoms with van der Waals surface area (Å²) in [6.45, 7) is 4.97. The molecule has 17 heavy (non-hydrogen) atoms. The van der Waals surface area contributed by atoms with E-state index in [1.54, 1.807) is 6.07 Å². The van der Waals surface area contributed by atoms with E-state index in [-0.39, 0.29) is 5.91 Å². The lowest BCUT2D eigenvalue weighted by Crippen LogP contribution is -2.35. The third-order valence-corrected chi connectivity index (χ3v) is 3.64. The normalized spacial score (nSPS) is 19.6. The predicted octanol–water partition coefficient (Wildman–Crippen LogP) is 2.59. The Bertz CT molecular complexity index is 428. The number of anilines is 1. The van der Waals surface area contributed by atoms with Crippen LogP contribution in [0.15, 0.2) is 18.2 Å². The van der Waals surface area contributed by atoms with E-state index in [9.17, 15) is 4.79 Å². The molecule has 1 aromatic carbocycles. The summed E-state index contributed by atoms with van der Waals surface area (Å²) in [6.07, 6.45) is 3.28. The average molecular weight is 232 g/mol. The van der Waals surface area contributed by atoms with E-state index in [0.717, 1.165) is 31.4 Å². The lowest BCUT2D eigenvalue weighted by molar-refractivity contribution is 0.0734. The Hall–Kier alpha value is -1.51. The summed E-state index contributed by atoms with van der Waals surface area (Å²) in [5.74, 6) is 0.126. The monoisotopic (exact) mass is 232 g/mol. The van der Waals surface area contributed by atoms with Crippen molar-refractivity contribution in [2.24, 2.45) is 0 Å². The number of nitrogen functional groups attached to an aromatic ring is 1. The first kappa shape index (κ1) is 12.0. The molecule has 0 aromatic heterocycles. The summed E-state index contributed by atoms with van der Waals surface area (Å²) in [4.78, 5) is 14.3. The summed E-state index contributed by atoms with van der Waals surface area (Å²) >= 11 is 0. The largest absolute Gasteiger partial charge is 0.398 e. The number of amides is 1. The van der Waals surface area contributed by atoms with Crippen LogP contribution in [0.2, 0.25) is 0 Å². The van der Waals surface area contributed by atoms with Gasteiger partial charge in [0.05, 0.1) is 0 Å². The molecule has 1 amide bonds. The van der Waals surface area contributed by atoms with E-state index in [1.165, 1.54) is 0 Å². The van der Waals surface area contributed by atoms with Crippen LogP contribution in [0.4, 0.5) is 5.69 Å². The first-order chi connectivity index (χ1) is 8.13. The SMILES string of the molecule is CCC1CCCN1C(=O)c1ccc(C)c(N)c1. The Morgan fingerprint density at radius 3 is 2.94 bits per heavy atom. The van der Waals surface area contributed by atoms with Crippen LogP contribution in [0.5, 0.6) is 0 Å². The molecule has 1 heterocycles. The van der Waals surface area contributed by atoms with Crippen LogP contribution in [-0.2, 0) is 0 Å². The zero-order valence-electron chi connectivity index (χ0n) is 10.6. The topological polar surface area (TPSA) is 46.3 Å². The zero-order chi connectivity index (χ0) is 12.4. The van der Waals surface area contributed by atoms with Gasteiger partial charge in [0.25, 0.3) is 5.91 Å². The number of benzene rings is 1. The molecule has 1 aromatic rings. The number of hydrogen-bond donors (Lipinski definition) is 1. The van der Waals surface area contributed by atoms with Crippen LogP contribution in [-0.4, -0.2) is 23.4 Å². The van der Waals surface area contributed by atoms with Crippen LogP contribution in [0.3, 0.4) is 0 Å². The van der Waals surface area contributed by atoms with Crippen LogP contribution in [0.1, 0.15) is 42.1 Å². The molecule has 1 aliphatic rings. The van der Waals surface area contributed by atoms with Gasteiger partial charge in [0.1, 0.15) is 0 Å². The van der Waals surface area contributed by atoms with Crippen molar-refractivity contribution in [1.29, 1.82) is 0 Å². The summed E-state index contributed by atoms with van der Waals surface area (Å²) < 4.78 is 0. The van der Waals surface area contributed by atoms with E-state index < -0.39 is 0 Å². The van der Waals surface area contributed by atoms with Gasteiger partial charge < -0.3 is 10.6 Å². The number of carbonyl (C=O) groups excluding carboxylic acids is 1. The number of nitrogens with zero attached hydrogens (tertiary/aromatic N) is 1. The number of carbonyl (C=O) groups is 1. The molecule has 1 saturated heterocycles. The van der Waals surface area contributed by atoms with Crippen LogP contribution in [0, 0.1) is 6.92 Å². The maximum absolute atomic E-state index is 12.4. The molecular weight excluding hydrogens is 212 g/mol. The second-order valence-electron chi connectivity index (χ2n) is 4.77. The third-order valence-electron chi connectivity index (χ3n) is 3.64. The van der Waals surface area contributed by atoms with Gasteiger partial charge in [-0.1, -0.05) is 13.0 Å². The van der Waals surface area contributed by atoms with Crippen molar-refractivity contribution in [3.63, 3.8) is 0 Å². The standard InChI is InChI=1S/C14H20N2O/c1-3-12-5-4-8-16(12)14(17)11-7-6-10(2)13(15)9-11/h6-7,9,12H,3-5,8,15H2,1-2H3. The molecule has 3 heteroatoms. The highest BCUT2D eigenvalue weighted by Gasteiger charge is 2.27. The average Bonchev–Trinajstić information content (AvgIpc) is 2.80. The molecule has 0 bridgehead atoms. The van der Waals surface area contributed by atoms with E-state index in [2.05, 4.69) is 6.92 Å². The molecule has 0 aliphatic carbocycles. The highest BCUT2D eigenvalue weighted by Crippen LogP contribution is 2.23. The predicted molar refractivity (Wildman–Crippen MR) is 69.9 cm³/mol. The van der Waals surface area contributed by atoms with Gasteiger partial charge in [-0.3, -0.25) is 4.79 Å². The Labute approximate surface area is 103 Å². The maximum Gasteiger partial charge on any atom is 0.254 e. The molecule has 0 spiro atoms. The number of hydrogen-bond acceptors (Lipinski definition) is 2. The fraction of sp³-hybridized carbons (Fsp3) is 0.500. The van der Waals surface area contributed by atoms with Gasteiger partial charge in [0.15, 0.2) is 0 Å². The van der Waals surface area contributed by atoms with Crippen molar-refractivity contribution in [2.75, 3.05) is 12.3 Å². The van der Waals surface area contributed by atoms with Gasteiger partial charge in [0, 0.05) is 23.8 Å². The van der Waals surface area contributed by atoms with Crippen LogP contribution >= 0.6 is 0 Å². The minimum atomic E-state index is 0.126. The lowest BCUT2D eigenvalue weighted by Gasteiger charge is -2.23. The minimum absolute atomic E-state index is 0.126. The van der Waals surface area contributed by atoms with Crippen molar-refractivity contribution >= 4 is 11.6 Å². The minimum Gasteiger partial charge on any atom is -0.398 e. The molecule has 2 rings (SSSR count). The number of nitrogens with two attached hydrogens (primary N) is 1. The quantitative estimate of drug-likeness (QED) is 0.797. The summed E-state index contributed by atoms with van der Waals surface area (Å²) in [6, 6.07) is 5.99. The van der Waals surface area contributed by atoms with E-state index in [1.807, 2.05) is 24.0 Å². The fourth-order valence-corrected chi connectivity index (χ4v) is 2.47. The second kappa shape index (κ2) is 4.78. The van der Waals surface area contributed by atoms with Crippen molar-refractivity contribution in [3.8, 4) is 0 Å². The molecule has 92 valence electrons. The van der Waals surface area contributed by atoms with Crippen LogP contribution < -0.4 is 5.73 Å². The molecule has 2 N–H and O–H groups in total. The number of likely N-dealkylation sites (tertiary alicyclic amines) is 1. The highest BCUT2D eigenvalue weighted by molar-refractivity contribution is 5.95. The molecule has 0 radical (unpaired) electrons. The molecule has 1 fully saturated rings. The molecule has 0 saturated carbocycles. The van der Waals surface area contributed by atoms with Gasteiger partial charge in [-0.2, -0.15) is 0 Å². The second-order valence-corrected chi connectivity index (χ2v) is 4.77. The van der Waals surface area contributed by atoms with Crippen molar-refractivity contribution in [3.05, 3.63) is 29.3 Å². The molecular formula is C14H20N2O. The molecule has 3 nitrogen and oxygen atoms in total. The summed E-state index contributed by atoms with van der Waals surface area (Å²) in [5, 5.41) is 0. The van der Waals surface area contributed by atoms with E-state index >= 15 is 0 Å². The molecule has 1 aliphatic heterocycles. The van der Waals surface area contributed by atoms with Crippen molar-refractivity contribution in [2.45, 2.75) is 39.2 Å². The van der Waals surface area contributed by atoms with E-state index in [0.29, 0.717) is 17.3 Å². The Balaban J connectivity index is 2.21. The Morgan fingerprint density at radius 2 is 2.29 bits per heavy atom. The van der Waals surface area contributed by atoms with Crippen molar-refractivity contribution in [1.82, 2.24) is 4.90 Å². The fourth-order valence-electron chi connectivity index (χ4n) is 2.47. The first-order valence-electron chi connectivity index (χ1n) is 6.30. The summed E-state index contributed by atoms with van der Waals surface area (Å²) in [7, 11) is 0. The Kier molecular flexibility index (Phi) is 3.36. The van der Waals surface area contributed by atoms with Gasteiger partial charge in [-0.15, -0.1) is 0 Å². The first-order valence-corrected chi connectivity index (χ1v) is 6.30. The van der Waals surface area contributed by atoms with Gasteiger partial charge in [-0.25, -0.2) is 0 Å². The molecule has 1 unspecified atom stereocenters. The highest BCUT2D eigenvalue weighted by atomic mass is 16.2. The number of aryl methyl sites for hydroxylation is 1. The maximum atomic E-state index is 12.4. The number of rotatable bonds is 2. The summed E-state index contributed by atoms with van der Waals surface area (Å²) in [5.41, 5.74) is 8.29.